The Labute approximate surface area is 222 Å². The van der Waals surface area contributed by atoms with E-state index in [4.69, 9.17) is 4.74 Å². The molecule has 7 heteroatoms. The molecule has 0 saturated carbocycles. The number of carbonyl (C=O) groups excluding carboxylic acids is 1. The third-order valence-electron chi connectivity index (χ3n) is 5.81. The predicted molar refractivity (Wildman–Crippen MR) is 149 cm³/mol. The fraction of sp³-hybridized carbons (Fsp3) is 0.214. The lowest BCUT2D eigenvalue weighted by molar-refractivity contribution is -0.123. The SMILES string of the molecule is Cc1c(Br)cc(C(C)C)c(OCC(=O)N/N=C\c2cn(Cc3ccccc3)c3ccccc23)c1Br. The molecule has 0 saturated heterocycles. The van der Waals surface area contributed by atoms with Gasteiger partial charge < -0.3 is 9.30 Å². The first kappa shape index (κ1) is 25.2. The molecule has 0 radical (unpaired) electrons. The van der Waals surface area contributed by atoms with Gasteiger partial charge in [-0.25, -0.2) is 5.43 Å². The number of hydrazone groups is 1. The number of rotatable bonds is 8. The van der Waals surface area contributed by atoms with Crippen LogP contribution in [0, 0.1) is 6.92 Å². The first-order chi connectivity index (χ1) is 16.8. The number of ether oxygens (including phenoxy) is 1. The van der Waals surface area contributed by atoms with Crippen molar-refractivity contribution in [3.05, 3.63) is 98.1 Å². The highest BCUT2D eigenvalue weighted by atomic mass is 79.9. The largest absolute Gasteiger partial charge is 0.482 e. The number of halogens is 2. The van der Waals surface area contributed by atoms with Gasteiger partial charge in [-0.05, 0) is 57.6 Å². The molecule has 0 aliphatic rings. The molecular formula is C28H27Br2N3O2. The summed E-state index contributed by atoms with van der Waals surface area (Å²) in [5.41, 5.74) is 7.91. The Morgan fingerprint density at radius 1 is 1.11 bits per heavy atom. The second-order valence-corrected chi connectivity index (χ2v) is 10.3. The van der Waals surface area contributed by atoms with Crippen molar-refractivity contribution in [1.82, 2.24) is 9.99 Å². The van der Waals surface area contributed by atoms with Gasteiger partial charge in [-0.15, -0.1) is 0 Å². The average molecular weight is 597 g/mol. The molecule has 5 nitrogen and oxygen atoms in total. The quantitative estimate of drug-likeness (QED) is 0.173. The van der Waals surface area contributed by atoms with Gasteiger partial charge in [0.15, 0.2) is 6.61 Å². The Hall–Kier alpha value is -2.90. The molecule has 1 N–H and O–H groups in total. The van der Waals surface area contributed by atoms with E-state index in [2.05, 4.69) is 91.3 Å². The summed E-state index contributed by atoms with van der Waals surface area (Å²) in [5.74, 6) is 0.604. The summed E-state index contributed by atoms with van der Waals surface area (Å²) in [6.07, 6.45) is 3.74. The van der Waals surface area contributed by atoms with Gasteiger partial charge in [-0.2, -0.15) is 5.10 Å². The Bertz CT molecular complexity index is 1380. The number of amides is 1. The van der Waals surface area contributed by atoms with Crippen molar-refractivity contribution < 1.29 is 9.53 Å². The number of para-hydroxylation sites is 1. The van der Waals surface area contributed by atoms with Crippen molar-refractivity contribution in [2.75, 3.05) is 6.61 Å². The van der Waals surface area contributed by atoms with Crippen LogP contribution in [-0.2, 0) is 11.3 Å². The Morgan fingerprint density at radius 2 is 1.83 bits per heavy atom. The summed E-state index contributed by atoms with van der Waals surface area (Å²) in [7, 11) is 0. The Morgan fingerprint density at radius 3 is 2.57 bits per heavy atom. The average Bonchev–Trinajstić information content (AvgIpc) is 3.19. The van der Waals surface area contributed by atoms with Gasteiger partial charge in [0.1, 0.15) is 5.75 Å². The summed E-state index contributed by atoms with van der Waals surface area (Å²) in [5, 5.41) is 5.28. The summed E-state index contributed by atoms with van der Waals surface area (Å²) < 4.78 is 9.95. The van der Waals surface area contributed by atoms with Gasteiger partial charge in [0.05, 0.1) is 10.7 Å². The molecule has 0 aliphatic heterocycles. The molecule has 35 heavy (non-hydrogen) atoms. The first-order valence-electron chi connectivity index (χ1n) is 11.4. The lowest BCUT2D eigenvalue weighted by Gasteiger charge is -2.18. The minimum absolute atomic E-state index is 0.132. The number of hydrogen-bond acceptors (Lipinski definition) is 3. The van der Waals surface area contributed by atoms with Crippen molar-refractivity contribution >= 4 is 54.9 Å². The molecule has 1 heterocycles. The molecule has 0 spiro atoms. The van der Waals surface area contributed by atoms with Gasteiger partial charge in [-0.1, -0.05) is 78.3 Å². The summed E-state index contributed by atoms with van der Waals surface area (Å²) in [4.78, 5) is 12.5. The van der Waals surface area contributed by atoms with E-state index in [0.29, 0.717) is 5.75 Å². The van der Waals surface area contributed by atoms with Crippen molar-refractivity contribution in [2.45, 2.75) is 33.2 Å². The molecule has 0 aliphatic carbocycles. The van der Waals surface area contributed by atoms with E-state index in [0.717, 1.165) is 43.1 Å². The highest BCUT2D eigenvalue weighted by molar-refractivity contribution is 9.11. The Balaban J connectivity index is 1.45. The van der Waals surface area contributed by atoms with Crippen LogP contribution in [0.2, 0.25) is 0 Å². The van der Waals surface area contributed by atoms with E-state index in [1.807, 2.05) is 43.3 Å². The maximum Gasteiger partial charge on any atom is 0.277 e. The predicted octanol–water partition coefficient (Wildman–Crippen LogP) is 7.18. The van der Waals surface area contributed by atoms with Crippen LogP contribution in [0.5, 0.6) is 5.75 Å². The summed E-state index contributed by atoms with van der Waals surface area (Å²) >= 11 is 7.20. The van der Waals surface area contributed by atoms with Gasteiger partial charge in [-0.3, -0.25) is 4.79 Å². The van der Waals surface area contributed by atoms with Crippen molar-refractivity contribution in [3.8, 4) is 5.75 Å². The standard InChI is InChI=1S/C28H27Br2N3O2/c1-18(2)23-13-24(29)19(3)27(30)28(23)35-17-26(34)32-31-14-21-16-33(15-20-9-5-4-6-10-20)25-12-8-7-11-22(21)25/h4-14,16,18H,15,17H2,1-3H3,(H,32,34)/b31-14-. The molecule has 0 atom stereocenters. The second kappa shape index (κ2) is 11.2. The minimum Gasteiger partial charge on any atom is -0.482 e. The van der Waals surface area contributed by atoms with Gasteiger partial charge >= 0.3 is 0 Å². The molecule has 1 amide bonds. The van der Waals surface area contributed by atoms with Crippen molar-refractivity contribution in [1.29, 1.82) is 0 Å². The van der Waals surface area contributed by atoms with E-state index < -0.39 is 0 Å². The van der Waals surface area contributed by atoms with E-state index >= 15 is 0 Å². The molecule has 0 fully saturated rings. The maximum absolute atomic E-state index is 12.5. The van der Waals surface area contributed by atoms with Crippen LogP contribution in [0.1, 0.15) is 42.0 Å². The van der Waals surface area contributed by atoms with E-state index in [-0.39, 0.29) is 18.4 Å². The fourth-order valence-corrected chi connectivity index (χ4v) is 5.19. The molecule has 4 aromatic rings. The molecule has 1 aromatic heterocycles. The number of carbonyl (C=O) groups is 1. The van der Waals surface area contributed by atoms with Crippen LogP contribution in [0.25, 0.3) is 10.9 Å². The highest BCUT2D eigenvalue weighted by Crippen LogP contribution is 2.40. The van der Waals surface area contributed by atoms with E-state index in [9.17, 15) is 4.79 Å². The van der Waals surface area contributed by atoms with Crippen LogP contribution in [0.15, 0.2) is 80.9 Å². The number of nitrogens with one attached hydrogen (secondary N) is 1. The fourth-order valence-electron chi connectivity index (χ4n) is 3.92. The summed E-state index contributed by atoms with van der Waals surface area (Å²) in [6.45, 7) is 6.80. The lowest BCUT2D eigenvalue weighted by Crippen LogP contribution is -2.25. The van der Waals surface area contributed by atoms with Crippen LogP contribution >= 0.6 is 31.9 Å². The molecular weight excluding hydrogens is 570 g/mol. The molecule has 0 unspecified atom stereocenters. The first-order valence-corrected chi connectivity index (χ1v) is 13.0. The monoisotopic (exact) mass is 595 g/mol. The molecule has 0 bridgehead atoms. The molecule has 4 rings (SSSR count). The van der Waals surface area contributed by atoms with Crippen molar-refractivity contribution in [3.63, 3.8) is 0 Å². The zero-order valence-electron chi connectivity index (χ0n) is 19.9. The third kappa shape index (κ3) is 5.85. The van der Waals surface area contributed by atoms with E-state index in [1.54, 1.807) is 6.21 Å². The number of aromatic nitrogens is 1. The van der Waals surface area contributed by atoms with Gasteiger partial charge in [0.2, 0.25) is 0 Å². The second-order valence-electron chi connectivity index (χ2n) is 8.67. The van der Waals surface area contributed by atoms with Crippen LogP contribution in [0.3, 0.4) is 0 Å². The zero-order chi connectivity index (χ0) is 24.9. The number of fused-ring (bicyclic) bond motifs is 1. The van der Waals surface area contributed by atoms with Gasteiger partial charge in [0, 0.05) is 33.7 Å². The third-order valence-corrected chi connectivity index (χ3v) is 7.59. The molecule has 3 aromatic carbocycles. The number of nitrogens with zero attached hydrogens (tertiary/aromatic N) is 2. The minimum atomic E-state index is -0.323. The smallest absolute Gasteiger partial charge is 0.277 e. The lowest BCUT2D eigenvalue weighted by atomic mass is 10.0. The molecule has 180 valence electrons. The highest BCUT2D eigenvalue weighted by Gasteiger charge is 2.17. The van der Waals surface area contributed by atoms with Crippen LogP contribution in [-0.4, -0.2) is 23.3 Å². The van der Waals surface area contributed by atoms with E-state index in [1.165, 1.54) is 5.56 Å². The Kier molecular flexibility index (Phi) is 8.08. The van der Waals surface area contributed by atoms with Gasteiger partial charge in [0.25, 0.3) is 5.91 Å². The maximum atomic E-state index is 12.5. The van der Waals surface area contributed by atoms with Crippen molar-refractivity contribution in [2.24, 2.45) is 5.10 Å². The van der Waals surface area contributed by atoms with Crippen LogP contribution in [0.4, 0.5) is 0 Å². The summed E-state index contributed by atoms with van der Waals surface area (Å²) in [6, 6.07) is 20.5. The topological polar surface area (TPSA) is 55.6 Å². The normalized spacial score (nSPS) is 11.5. The van der Waals surface area contributed by atoms with Crippen LogP contribution < -0.4 is 10.2 Å². The number of hydrogen-bond donors (Lipinski definition) is 1. The number of benzene rings is 3. The zero-order valence-corrected chi connectivity index (χ0v) is 23.1.